The molecular weight excluding hydrogens is 1230 g/mol. The van der Waals surface area contributed by atoms with Gasteiger partial charge in [-0.25, -0.2) is 0 Å². The second-order valence-electron chi connectivity index (χ2n) is 12.6. The molecule has 0 amide bonds. The number of carboxylic acid groups (broad SMARTS) is 1. The van der Waals surface area contributed by atoms with Crippen LogP contribution >= 0.6 is 137 Å². The molecule has 276 valence electrons. The molecule has 2 atom stereocenters. The first-order chi connectivity index (χ1) is 25.6. The molecule has 0 saturated heterocycles. The van der Waals surface area contributed by atoms with Crippen molar-refractivity contribution in [1.29, 1.82) is 0 Å². The summed E-state index contributed by atoms with van der Waals surface area (Å²) in [6.45, 7) is 4.15. The lowest BCUT2D eigenvalue weighted by Crippen LogP contribution is -2.25. The van der Waals surface area contributed by atoms with E-state index in [0.717, 1.165) is 58.1 Å². The fraction of sp³-hybridized carbons (Fsp3) is 0.128. The van der Waals surface area contributed by atoms with E-state index >= 15 is 0 Å². The van der Waals surface area contributed by atoms with Gasteiger partial charge in [0.25, 0.3) is 0 Å². The average Bonchev–Trinajstić information content (AvgIpc) is 3.63. The normalized spacial score (nSPS) is 16.1. The summed E-state index contributed by atoms with van der Waals surface area (Å²) in [5.74, 6) is 0.450. The second-order valence-corrected chi connectivity index (χ2v) is 18.6. The van der Waals surface area contributed by atoms with Crippen molar-refractivity contribution in [2.45, 2.75) is 25.2 Å². The Bertz CT molecular complexity index is 2740. The number of rotatable bonds is 3. The molecule has 0 bridgehead atoms. The first-order valence-corrected chi connectivity index (χ1v) is 21.8. The van der Waals surface area contributed by atoms with Gasteiger partial charge in [-0.05, 0) is 162 Å². The van der Waals surface area contributed by atoms with Gasteiger partial charge in [-0.1, -0.05) is 59.4 Å². The lowest BCUT2D eigenvalue weighted by atomic mass is 9.83. The fourth-order valence-electron chi connectivity index (χ4n) is 6.99. The van der Waals surface area contributed by atoms with Gasteiger partial charge in [0.05, 0.1) is 36.7 Å². The minimum Gasteiger partial charge on any atom is -0.508 e. The van der Waals surface area contributed by atoms with Gasteiger partial charge in [0.2, 0.25) is 0 Å². The van der Waals surface area contributed by atoms with Gasteiger partial charge >= 0.3 is 5.97 Å². The second kappa shape index (κ2) is 15.9. The van der Waals surface area contributed by atoms with Crippen LogP contribution in [0.1, 0.15) is 41.9 Å². The monoisotopic (exact) mass is 1250 g/mol. The molecule has 0 radical (unpaired) electrons. The van der Waals surface area contributed by atoms with Crippen molar-refractivity contribution in [3.05, 3.63) is 126 Å². The van der Waals surface area contributed by atoms with Crippen molar-refractivity contribution >= 4 is 166 Å². The van der Waals surface area contributed by atoms with Crippen LogP contribution in [0.3, 0.4) is 0 Å². The number of aliphatic carboxylic acids is 1. The number of fused-ring (bicyclic) bond motifs is 4. The predicted molar refractivity (Wildman–Crippen MR) is 247 cm³/mol. The van der Waals surface area contributed by atoms with Crippen molar-refractivity contribution < 1.29 is 29.3 Å². The Morgan fingerprint density at radius 3 is 2.26 bits per heavy atom. The highest BCUT2D eigenvalue weighted by Crippen LogP contribution is 2.50. The standard InChI is InChI=1S/C20H6Cl4I4O2.C19H16O5/c1-5-10(25)3-7-12(6-2-9(21)14(23)15(24)13(6)22)8-4-11(26)18(29)17(28)20(8)30-19(7)16(5)27;20-10-4-6-14-16(8-10)24-17-9-11(21)5-7-15(17)18(14)12-2-1-3-13(12)19(22)23/h2-4,29H,1H2;4-9,12-13,20H,1-3H2,(H,22,23). The number of ether oxygens (including phenoxy) is 1. The van der Waals surface area contributed by atoms with Crippen LogP contribution in [-0.4, -0.2) is 21.3 Å². The maximum absolute atomic E-state index is 11.7. The molecule has 8 rings (SSSR count). The van der Waals surface area contributed by atoms with Gasteiger partial charge in [0.1, 0.15) is 28.6 Å². The third kappa shape index (κ3) is 7.19. The van der Waals surface area contributed by atoms with Crippen molar-refractivity contribution in [1.82, 2.24) is 0 Å². The summed E-state index contributed by atoms with van der Waals surface area (Å²) in [5, 5.41) is 33.3. The zero-order valence-corrected chi connectivity index (χ0v) is 38.8. The molecule has 2 unspecified atom stereocenters. The van der Waals surface area contributed by atoms with Crippen molar-refractivity contribution in [2.75, 3.05) is 0 Å². The third-order valence-corrected chi connectivity index (χ3v) is 15.1. The smallest absolute Gasteiger partial charge is 0.307 e. The van der Waals surface area contributed by atoms with Crippen molar-refractivity contribution in [2.24, 2.45) is 5.92 Å². The highest BCUT2D eigenvalue weighted by molar-refractivity contribution is 14.1. The predicted octanol–water partition coefficient (Wildman–Crippen LogP) is 11.8. The molecule has 2 aliphatic carbocycles. The van der Waals surface area contributed by atoms with E-state index in [1.807, 2.05) is 12.1 Å². The van der Waals surface area contributed by atoms with Crippen molar-refractivity contribution in [3.63, 3.8) is 0 Å². The Labute approximate surface area is 382 Å². The summed E-state index contributed by atoms with van der Waals surface area (Å²) < 4.78 is 15.2. The Balaban J connectivity index is 0.000000171. The molecule has 4 aromatic rings. The molecule has 2 heterocycles. The first-order valence-electron chi connectivity index (χ1n) is 15.9. The summed E-state index contributed by atoms with van der Waals surface area (Å²) in [6, 6.07) is 15.0. The molecule has 54 heavy (non-hydrogen) atoms. The molecule has 1 saturated carbocycles. The van der Waals surface area contributed by atoms with E-state index < -0.39 is 11.9 Å². The van der Waals surface area contributed by atoms with Crippen LogP contribution in [0.15, 0.2) is 63.8 Å². The van der Waals surface area contributed by atoms with Crippen LogP contribution in [0.5, 0.6) is 23.0 Å². The largest absolute Gasteiger partial charge is 0.508 e. The summed E-state index contributed by atoms with van der Waals surface area (Å²) in [7, 11) is 0. The number of hydrogen-bond donors (Lipinski definition) is 3. The Hall–Kier alpha value is -1.74. The maximum atomic E-state index is 11.7. The molecule has 0 aromatic heterocycles. The van der Waals surface area contributed by atoms with Gasteiger partial charge in [0.15, 0.2) is 11.2 Å². The maximum Gasteiger partial charge on any atom is 0.307 e. The molecular formula is C39H22Cl4I4O7. The highest BCUT2D eigenvalue weighted by atomic mass is 127. The van der Waals surface area contributed by atoms with E-state index in [-0.39, 0.29) is 32.9 Å². The van der Waals surface area contributed by atoms with Gasteiger partial charge < -0.3 is 24.5 Å². The number of phenolic OH excluding ortho intramolecular Hbond substituents is 2. The van der Waals surface area contributed by atoms with Crippen LogP contribution in [0, 0.1) is 20.2 Å². The van der Waals surface area contributed by atoms with Crippen LogP contribution in [0.2, 0.25) is 20.1 Å². The van der Waals surface area contributed by atoms with Crippen LogP contribution in [0.25, 0.3) is 34.4 Å². The lowest BCUT2D eigenvalue weighted by Gasteiger charge is -2.25. The number of aromatic hydroxyl groups is 2. The Morgan fingerprint density at radius 2 is 1.54 bits per heavy atom. The van der Waals surface area contributed by atoms with Crippen LogP contribution in [-0.2, 0) is 4.79 Å². The van der Waals surface area contributed by atoms with Gasteiger partial charge in [0, 0.05) is 48.6 Å². The minimum atomic E-state index is -0.793. The molecule has 7 nitrogen and oxygen atoms in total. The molecule has 4 aromatic carbocycles. The summed E-state index contributed by atoms with van der Waals surface area (Å²) in [6.07, 6.45) is 2.28. The quantitative estimate of drug-likeness (QED) is 0.0698. The average molecular weight is 1250 g/mol. The SMILES string of the molecule is C=c1c(I)cc2c(c1I)Oc1c(cc(I)c(O)c1I)C=2c1cc(Cl)c(Cl)c(Cl)c1Cl.O=C(O)C1CCCC1c1c2ccc(=O)cc-2oc2cc(O)ccc12. The van der Waals surface area contributed by atoms with E-state index in [9.17, 15) is 24.9 Å². The molecule has 4 aliphatic rings. The van der Waals surface area contributed by atoms with E-state index in [1.54, 1.807) is 24.3 Å². The Kier molecular flexibility index (Phi) is 11.9. The molecule has 3 N–H and O–H groups in total. The number of carbonyl (C=O) groups is 1. The van der Waals surface area contributed by atoms with Gasteiger partial charge in [-0.2, -0.15) is 0 Å². The third-order valence-electron chi connectivity index (χ3n) is 9.45. The van der Waals surface area contributed by atoms with E-state index in [0.29, 0.717) is 52.0 Å². The topological polar surface area (TPSA) is 117 Å². The van der Waals surface area contributed by atoms with Crippen LogP contribution in [0.4, 0.5) is 0 Å². The minimum absolute atomic E-state index is 0.0658. The number of benzene rings is 5. The summed E-state index contributed by atoms with van der Waals surface area (Å²) in [4.78, 5) is 23.3. The van der Waals surface area contributed by atoms with Gasteiger partial charge in [-0.15, -0.1) is 0 Å². The number of carboxylic acids is 1. The molecule has 1 fully saturated rings. The molecule has 0 spiro atoms. The zero-order valence-electron chi connectivity index (χ0n) is 27.2. The molecule has 15 heteroatoms. The number of halogens is 8. The van der Waals surface area contributed by atoms with Gasteiger partial charge in [-0.3, -0.25) is 9.59 Å². The van der Waals surface area contributed by atoms with E-state index in [4.69, 9.17) is 55.6 Å². The summed E-state index contributed by atoms with van der Waals surface area (Å²) in [5.41, 5.74) is 4.15. The highest BCUT2D eigenvalue weighted by Gasteiger charge is 2.37. The fourth-order valence-corrected chi connectivity index (χ4v) is 11.5. The lowest BCUT2D eigenvalue weighted by molar-refractivity contribution is -0.141. The number of phenols is 2. The van der Waals surface area contributed by atoms with Crippen molar-refractivity contribution in [3.8, 4) is 34.3 Å². The number of hydrogen-bond acceptors (Lipinski definition) is 6. The van der Waals surface area contributed by atoms with Crippen LogP contribution < -0.4 is 20.6 Å². The van der Waals surface area contributed by atoms with E-state index in [2.05, 4.69) is 96.9 Å². The van der Waals surface area contributed by atoms with E-state index in [1.165, 1.54) is 18.2 Å². The zero-order chi connectivity index (χ0) is 38.9. The first kappa shape index (κ1) is 40.5. The summed E-state index contributed by atoms with van der Waals surface area (Å²) >= 11 is 34.2. The Morgan fingerprint density at radius 1 is 0.796 bits per heavy atom. The molecule has 2 aliphatic heterocycles.